The molecule has 1 amide bonds. The van der Waals surface area contributed by atoms with Crippen molar-refractivity contribution in [1.29, 1.82) is 0 Å². The molecule has 5 nitrogen and oxygen atoms in total. The Morgan fingerprint density at radius 2 is 1.96 bits per heavy atom. The van der Waals surface area contributed by atoms with Gasteiger partial charge in [0.25, 0.3) is 5.56 Å². The zero-order valence-electron chi connectivity index (χ0n) is 14.3. The Kier molecular flexibility index (Phi) is 5.31. The number of pyridine rings is 1. The molecule has 0 aliphatic heterocycles. The molecule has 2 N–H and O–H groups in total. The van der Waals surface area contributed by atoms with E-state index in [1.165, 1.54) is 18.2 Å². The lowest BCUT2D eigenvalue weighted by molar-refractivity contribution is -0.121. The SMILES string of the molecule is COc1ccccc1CNC(=O)CCc1cc2cc(F)ccc2[nH]c1=O. The maximum atomic E-state index is 13.3. The molecule has 0 spiro atoms. The smallest absolute Gasteiger partial charge is 0.251 e. The molecule has 0 aliphatic carbocycles. The number of para-hydroxylation sites is 1. The van der Waals surface area contributed by atoms with Crippen LogP contribution in [0.1, 0.15) is 17.5 Å². The van der Waals surface area contributed by atoms with Gasteiger partial charge in [-0.2, -0.15) is 0 Å². The highest BCUT2D eigenvalue weighted by Crippen LogP contribution is 2.17. The molecule has 0 unspecified atom stereocenters. The molecular weight excluding hydrogens is 335 g/mol. The van der Waals surface area contributed by atoms with Gasteiger partial charge in [0.1, 0.15) is 11.6 Å². The van der Waals surface area contributed by atoms with Crippen molar-refractivity contribution in [2.24, 2.45) is 0 Å². The number of benzene rings is 2. The van der Waals surface area contributed by atoms with Crippen LogP contribution >= 0.6 is 0 Å². The van der Waals surface area contributed by atoms with Crippen molar-refractivity contribution in [2.75, 3.05) is 7.11 Å². The first-order valence-corrected chi connectivity index (χ1v) is 8.27. The van der Waals surface area contributed by atoms with Gasteiger partial charge in [-0.3, -0.25) is 9.59 Å². The van der Waals surface area contributed by atoms with E-state index in [1.807, 2.05) is 24.3 Å². The summed E-state index contributed by atoms with van der Waals surface area (Å²) in [5.41, 5.74) is 1.64. The van der Waals surface area contributed by atoms with Crippen LogP contribution in [0, 0.1) is 5.82 Å². The van der Waals surface area contributed by atoms with Gasteiger partial charge in [-0.05, 0) is 36.8 Å². The van der Waals surface area contributed by atoms with Crippen molar-refractivity contribution in [3.63, 3.8) is 0 Å². The van der Waals surface area contributed by atoms with Crippen LogP contribution in [0.15, 0.2) is 53.3 Å². The summed E-state index contributed by atoms with van der Waals surface area (Å²) >= 11 is 0. The number of methoxy groups -OCH3 is 1. The molecule has 0 saturated heterocycles. The normalized spacial score (nSPS) is 10.7. The van der Waals surface area contributed by atoms with Crippen molar-refractivity contribution in [1.82, 2.24) is 10.3 Å². The first-order valence-electron chi connectivity index (χ1n) is 8.27. The Labute approximate surface area is 149 Å². The molecule has 0 aliphatic rings. The number of H-pyrrole nitrogens is 1. The monoisotopic (exact) mass is 354 g/mol. The largest absolute Gasteiger partial charge is 0.496 e. The zero-order chi connectivity index (χ0) is 18.5. The molecule has 0 saturated carbocycles. The predicted molar refractivity (Wildman–Crippen MR) is 97.7 cm³/mol. The van der Waals surface area contributed by atoms with E-state index in [1.54, 1.807) is 13.2 Å². The summed E-state index contributed by atoms with van der Waals surface area (Å²) in [6.45, 7) is 0.349. The number of carbonyl (C=O) groups excluding carboxylic acids is 1. The van der Waals surface area contributed by atoms with Crippen LogP contribution in [0.2, 0.25) is 0 Å². The molecule has 1 aromatic heterocycles. The van der Waals surface area contributed by atoms with Crippen molar-refractivity contribution in [3.05, 3.63) is 75.8 Å². The fourth-order valence-electron chi connectivity index (χ4n) is 2.79. The minimum absolute atomic E-state index is 0.166. The Balaban J connectivity index is 1.63. The summed E-state index contributed by atoms with van der Waals surface area (Å²) < 4.78 is 18.6. The van der Waals surface area contributed by atoms with Crippen LogP contribution < -0.4 is 15.6 Å². The highest BCUT2D eigenvalue weighted by molar-refractivity contribution is 5.79. The summed E-state index contributed by atoms with van der Waals surface area (Å²) in [6, 6.07) is 13.2. The lowest BCUT2D eigenvalue weighted by Gasteiger charge is -2.09. The highest BCUT2D eigenvalue weighted by atomic mass is 19.1. The number of aryl methyl sites for hydroxylation is 1. The molecule has 2 aromatic carbocycles. The van der Waals surface area contributed by atoms with E-state index < -0.39 is 0 Å². The number of aromatic nitrogens is 1. The van der Waals surface area contributed by atoms with Crippen molar-refractivity contribution in [3.8, 4) is 5.75 Å². The summed E-state index contributed by atoms with van der Waals surface area (Å²) in [4.78, 5) is 26.9. The number of hydrogen-bond acceptors (Lipinski definition) is 3. The van der Waals surface area contributed by atoms with Crippen molar-refractivity contribution in [2.45, 2.75) is 19.4 Å². The number of nitrogens with one attached hydrogen (secondary N) is 2. The van der Waals surface area contributed by atoms with Gasteiger partial charge in [-0.15, -0.1) is 0 Å². The van der Waals surface area contributed by atoms with E-state index in [-0.39, 0.29) is 30.1 Å². The van der Waals surface area contributed by atoms with Gasteiger partial charge in [0.05, 0.1) is 7.11 Å². The topological polar surface area (TPSA) is 71.2 Å². The van der Waals surface area contributed by atoms with Crippen LogP contribution in [-0.4, -0.2) is 18.0 Å². The van der Waals surface area contributed by atoms with Crippen molar-refractivity contribution < 1.29 is 13.9 Å². The lowest BCUT2D eigenvalue weighted by atomic mass is 10.1. The maximum absolute atomic E-state index is 13.3. The Morgan fingerprint density at radius 3 is 2.77 bits per heavy atom. The van der Waals surface area contributed by atoms with Crippen LogP contribution in [0.4, 0.5) is 4.39 Å². The molecule has 3 rings (SSSR count). The third-order valence-corrected chi connectivity index (χ3v) is 4.17. The first kappa shape index (κ1) is 17.7. The second-order valence-electron chi connectivity index (χ2n) is 5.94. The second kappa shape index (κ2) is 7.82. The number of aromatic amines is 1. The number of fused-ring (bicyclic) bond motifs is 1. The van der Waals surface area contributed by atoms with Gasteiger partial charge >= 0.3 is 0 Å². The molecule has 1 heterocycles. The maximum Gasteiger partial charge on any atom is 0.251 e. The fraction of sp³-hybridized carbons (Fsp3) is 0.200. The highest BCUT2D eigenvalue weighted by Gasteiger charge is 2.09. The van der Waals surface area contributed by atoms with Crippen LogP contribution in [0.25, 0.3) is 10.9 Å². The standard InChI is InChI=1S/C20H19FN2O3/c1-26-18-5-3-2-4-14(18)12-22-19(24)9-6-13-10-15-11-16(21)7-8-17(15)23-20(13)25/h2-5,7-8,10-11H,6,9,12H2,1H3,(H,22,24)(H,23,25). The predicted octanol–water partition coefficient (Wildman–Crippen LogP) is 2.92. The van der Waals surface area contributed by atoms with Gasteiger partial charge in [-0.1, -0.05) is 18.2 Å². The summed E-state index contributed by atoms with van der Waals surface area (Å²) in [6.07, 6.45) is 0.443. The number of amides is 1. The fourth-order valence-corrected chi connectivity index (χ4v) is 2.79. The van der Waals surface area contributed by atoms with Gasteiger partial charge < -0.3 is 15.0 Å². The minimum Gasteiger partial charge on any atom is -0.496 e. The summed E-state index contributed by atoms with van der Waals surface area (Å²) in [5.74, 6) is 0.167. The van der Waals surface area contributed by atoms with Crippen LogP contribution in [0.5, 0.6) is 5.75 Å². The number of carbonyl (C=O) groups is 1. The summed E-state index contributed by atoms with van der Waals surface area (Å²) in [7, 11) is 1.58. The third-order valence-electron chi connectivity index (χ3n) is 4.17. The Hall–Kier alpha value is -3.15. The molecule has 3 aromatic rings. The summed E-state index contributed by atoms with van der Waals surface area (Å²) in [5, 5.41) is 3.42. The quantitative estimate of drug-likeness (QED) is 0.715. The average molecular weight is 354 g/mol. The van der Waals surface area contributed by atoms with Gasteiger partial charge in [0.2, 0.25) is 5.91 Å². The lowest BCUT2D eigenvalue weighted by Crippen LogP contribution is -2.24. The zero-order valence-corrected chi connectivity index (χ0v) is 14.3. The van der Waals surface area contributed by atoms with E-state index >= 15 is 0 Å². The second-order valence-corrected chi connectivity index (χ2v) is 5.94. The van der Waals surface area contributed by atoms with E-state index in [0.29, 0.717) is 28.8 Å². The van der Waals surface area contributed by atoms with E-state index in [9.17, 15) is 14.0 Å². The molecule has 0 bridgehead atoms. The Morgan fingerprint density at radius 1 is 1.15 bits per heavy atom. The van der Waals surface area contributed by atoms with Crippen LogP contribution in [0.3, 0.4) is 0 Å². The van der Waals surface area contributed by atoms with E-state index in [2.05, 4.69) is 10.3 Å². The van der Waals surface area contributed by atoms with E-state index in [0.717, 1.165) is 5.56 Å². The average Bonchev–Trinajstić information content (AvgIpc) is 2.65. The molecule has 6 heteroatoms. The minimum atomic E-state index is -0.370. The van der Waals surface area contributed by atoms with Gasteiger partial charge in [0, 0.05) is 35.0 Å². The molecule has 134 valence electrons. The molecule has 0 atom stereocenters. The molecule has 0 fully saturated rings. The molecule has 0 radical (unpaired) electrons. The molecule has 26 heavy (non-hydrogen) atoms. The van der Waals surface area contributed by atoms with Gasteiger partial charge in [0.15, 0.2) is 0 Å². The van der Waals surface area contributed by atoms with Gasteiger partial charge in [-0.25, -0.2) is 4.39 Å². The number of hydrogen-bond donors (Lipinski definition) is 2. The third kappa shape index (κ3) is 4.08. The Bertz CT molecular complexity index is 998. The number of halogens is 1. The number of ether oxygens (including phenoxy) is 1. The van der Waals surface area contributed by atoms with E-state index in [4.69, 9.17) is 4.74 Å². The first-order chi connectivity index (χ1) is 12.6. The number of rotatable bonds is 6. The van der Waals surface area contributed by atoms with Crippen molar-refractivity contribution >= 4 is 16.8 Å². The molecular formula is C20H19FN2O3. The van der Waals surface area contributed by atoms with Crippen LogP contribution in [-0.2, 0) is 17.8 Å².